The quantitative estimate of drug-likeness (QED) is 0.868. The number of fused-ring (bicyclic) bond motifs is 1. The highest BCUT2D eigenvalue weighted by Gasteiger charge is 2.18. The van der Waals surface area contributed by atoms with E-state index in [4.69, 9.17) is 0 Å². The predicted octanol–water partition coefficient (Wildman–Crippen LogP) is 1.07. The van der Waals surface area contributed by atoms with E-state index < -0.39 is 0 Å². The second-order valence-electron chi connectivity index (χ2n) is 4.63. The van der Waals surface area contributed by atoms with Gasteiger partial charge in [0, 0.05) is 38.9 Å². The maximum Gasteiger partial charge on any atom is 0.241 e. The number of carbonyl (C=O) groups is 1. The summed E-state index contributed by atoms with van der Waals surface area (Å²) in [5, 5.41) is 3.38. The zero-order chi connectivity index (χ0) is 13.0. The first kappa shape index (κ1) is 12.9. The molecule has 0 unspecified atom stereocenters. The maximum atomic E-state index is 12.0. The Labute approximate surface area is 109 Å². The highest BCUT2D eigenvalue weighted by Crippen LogP contribution is 2.21. The molecule has 18 heavy (non-hydrogen) atoms. The van der Waals surface area contributed by atoms with Crippen LogP contribution in [0.15, 0.2) is 24.3 Å². The molecule has 4 nitrogen and oxygen atoms in total. The van der Waals surface area contributed by atoms with E-state index in [1.807, 2.05) is 26.1 Å². The van der Waals surface area contributed by atoms with Crippen molar-refractivity contribution in [3.63, 3.8) is 0 Å². The van der Waals surface area contributed by atoms with Gasteiger partial charge in [0.25, 0.3) is 0 Å². The lowest BCUT2D eigenvalue weighted by molar-refractivity contribution is -0.128. The number of nitrogens with zero attached hydrogens (tertiary/aromatic N) is 2. The number of amides is 1. The van der Waals surface area contributed by atoms with Crippen LogP contribution in [0.2, 0.25) is 0 Å². The van der Waals surface area contributed by atoms with Gasteiger partial charge in [0.15, 0.2) is 0 Å². The van der Waals surface area contributed by atoms with E-state index in [2.05, 4.69) is 22.3 Å². The van der Waals surface area contributed by atoms with Crippen molar-refractivity contribution in [3.05, 3.63) is 29.8 Å². The largest absolute Gasteiger partial charge is 0.361 e. The maximum absolute atomic E-state index is 12.0. The summed E-state index contributed by atoms with van der Waals surface area (Å²) in [6, 6.07) is 8.30. The van der Waals surface area contributed by atoms with Crippen molar-refractivity contribution >= 4 is 11.6 Å². The minimum absolute atomic E-state index is 0.175. The van der Waals surface area contributed by atoms with Crippen LogP contribution in [0.5, 0.6) is 0 Å². The number of hydrogen-bond donors (Lipinski definition) is 1. The Hall–Kier alpha value is -1.55. The van der Waals surface area contributed by atoms with E-state index in [9.17, 15) is 4.79 Å². The van der Waals surface area contributed by atoms with E-state index in [-0.39, 0.29) is 5.91 Å². The van der Waals surface area contributed by atoms with Crippen molar-refractivity contribution in [2.75, 3.05) is 38.1 Å². The van der Waals surface area contributed by atoms with Crippen LogP contribution < -0.4 is 10.2 Å². The Bertz CT molecular complexity index is 419. The topological polar surface area (TPSA) is 35.6 Å². The average Bonchev–Trinajstić information content (AvgIpc) is 2.60. The predicted molar refractivity (Wildman–Crippen MR) is 73.7 cm³/mol. The lowest BCUT2D eigenvalue weighted by Gasteiger charge is -2.26. The Morgan fingerprint density at radius 1 is 1.44 bits per heavy atom. The third-order valence-corrected chi connectivity index (χ3v) is 3.43. The molecule has 0 aromatic heterocycles. The smallest absolute Gasteiger partial charge is 0.241 e. The Morgan fingerprint density at radius 2 is 2.22 bits per heavy atom. The van der Waals surface area contributed by atoms with Gasteiger partial charge in [-0.2, -0.15) is 0 Å². The fourth-order valence-corrected chi connectivity index (χ4v) is 2.15. The molecule has 4 heteroatoms. The summed E-state index contributed by atoms with van der Waals surface area (Å²) in [4.78, 5) is 16.0. The van der Waals surface area contributed by atoms with E-state index in [1.54, 1.807) is 4.90 Å². The van der Waals surface area contributed by atoms with Crippen LogP contribution in [-0.2, 0) is 11.3 Å². The van der Waals surface area contributed by atoms with Gasteiger partial charge in [0.05, 0.1) is 6.54 Å². The molecule has 1 amide bonds. The summed E-state index contributed by atoms with van der Waals surface area (Å²) < 4.78 is 0. The molecular weight excluding hydrogens is 226 g/mol. The van der Waals surface area contributed by atoms with Crippen LogP contribution in [-0.4, -0.2) is 44.0 Å². The van der Waals surface area contributed by atoms with Gasteiger partial charge in [-0.05, 0) is 18.6 Å². The molecular formula is C14H21N3O. The monoisotopic (exact) mass is 247 g/mol. The van der Waals surface area contributed by atoms with Gasteiger partial charge in [0.2, 0.25) is 5.91 Å². The summed E-state index contributed by atoms with van der Waals surface area (Å²) in [5.74, 6) is 0.175. The summed E-state index contributed by atoms with van der Waals surface area (Å²) >= 11 is 0. The molecule has 1 aromatic rings. The number of benzene rings is 1. The van der Waals surface area contributed by atoms with Gasteiger partial charge >= 0.3 is 0 Å². The van der Waals surface area contributed by atoms with Crippen LogP contribution in [0.25, 0.3) is 0 Å². The van der Waals surface area contributed by atoms with E-state index in [1.165, 1.54) is 11.3 Å². The van der Waals surface area contributed by atoms with Crippen molar-refractivity contribution in [1.82, 2.24) is 10.2 Å². The lowest BCUT2D eigenvalue weighted by atomic mass is 10.1. The fourth-order valence-electron chi connectivity index (χ4n) is 2.15. The van der Waals surface area contributed by atoms with Crippen LogP contribution in [0.3, 0.4) is 0 Å². The molecule has 1 aliphatic rings. The molecule has 0 saturated carbocycles. The van der Waals surface area contributed by atoms with Crippen molar-refractivity contribution in [2.45, 2.75) is 13.5 Å². The first-order valence-electron chi connectivity index (χ1n) is 6.50. The van der Waals surface area contributed by atoms with Gasteiger partial charge in [-0.25, -0.2) is 0 Å². The van der Waals surface area contributed by atoms with Crippen molar-refractivity contribution in [2.24, 2.45) is 0 Å². The number of rotatable bonds is 3. The molecule has 0 atom stereocenters. The number of carbonyl (C=O) groups excluding carboxylic acids is 1. The molecule has 0 radical (unpaired) electrons. The number of hydrogen-bond acceptors (Lipinski definition) is 3. The zero-order valence-corrected chi connectivity index (χ0v) is 11.1. The van der Waals surface area contributed by atoms with Gasteiger partial charge in [-0.1, -0.05) is 18.2 Å². The van der Waals surface area contributed by atoms with Crippen molar-refractivity contribution in [3.8, 4) is 0 Å². The first-order chi connectivity index (χ1) is 8.72. The molecule has 98 valence electrons. The molecule has 0 spiro atoms. The minimum atomic E-state index is 0.175. The first-order valence-corrected chi connectivity index (χ1v) is 6.50. The second-order valence-corrected chi connectivity index (χ2v) is 4.63. The van der Waals surface area contributed by atoms with Gasteiger partial charge in [0.1, 0.15) is 0 Å². The molecule has 1 aromatic carbocycles. The Balaban J connectivity index is 2.15. The molecule has 0 fully saturated rings. The van der Waals surface area contributed by atoms with Crippen LogP contribution in [0.1, 0.15) is 12.5 Å². The number of nitrogens with one attached hydrogen (secondary N) is 1. The van der Waals surface area contributed by atoms with Crippen LogP contribution in [0, 0.1) is 0 Å². The van der Waals surface area contributed by atoms with Crippen LogP contribution >= 0.6 is 0 Å². The van der Waals surface area contributed by atoms with Crippen LogP contribution in [0.4, 0.5) is 5.69 Å². The summed E-state index contributed by atoms with van der Waals surface area (Å²) in [6.07, 6.45) is 0. The number of anilines is 1. The van der Waals surface area contributed by atoms with Gasteiger partial charge < -0.3 is 15.1 Å². The third kappa shape index (κ3) is 2.82. The molecule has 2 rings (SSSR count). The fraction of sp³-hybridized carbons (Fsp3) is 0.500. The van der Waals surface area contributed by atoms with Gasteiger partial charge in [-0.3, -0.25) is 4.79 Å². The van der Waals surface area contributed by atoms with Gasteiger partial charge in [-0.15, -0.1) is 0 Å². The summed E-state index contributed by atoms with van der Waals surface area (Å²) in [5.41, 5.74) is 2.45. The van der Waals surface area contributed by atoms with Crippen molar-refractivity contribution in [1.29, 1.82) is 0 Å². The number of para-hydroxylation sites is 1. The van der Waals surface area contributed by atoms with E-state index >= 15 is 0 Å². The molecule has 1 heterocycles. The number of likely N-dealkylation sites (N-methyl/N-ethyl adjacent to an activating group) is 1. The standard InChI is InChI=1S/C14H21N3O/c1-3-16(2)14(18)11-17-9-8-15-10-12-6-4-5-7-13(12)17/h4-7,15H,3,8-11H2,1-2H3. The molecule has 0 bridgehead atoms. The minimum Gasteiger partial charge on any atom is -0.361 e. The normalized spacial score (nSPS) is 14.9. The second kappa shape index (κ2) is 5.87. The molecule has 0 saturated heterocycles. The summed E-state index contributed by atoms with van der Waals surface area (Å²) in [6.45, 7) is 5.88. The molecule has 1 aliphatic heterocycles. The molecule has 0 aliphatic carbocycles. The lowest BCUT2D eigenvalue weighted by Crippen LogP contribution is -2.40. The average molecular weight is 247 g/mol. The highest BCUT2D eigenvalue weighted by molar-refractivity contribution is 5.81. The van der Waals surface area contributed by atoms with Crippen molar-refractivity contribution < 1.29 is 4.79 Å². The third-order valence-electron chi connectivity index (χ3n) is 3.43. The zero-order valence-electron chi connectivity index (χ0n) is 11.1. The summed E-state index contributed by atoms with van der Waals surface area (Å²) in [7, 11) is 1.85. The highest BCUT2D eigenvalue weighted by atomic mass is 16.2. The molecule has 1 N–H and O–H groups in total. The Morgan fingerprint density at radius 3 is 3.00 bits per heavy atom. The SMILES string of the molecule is CCN(C)C(=O)CN1CCNCc2ccccc21. The van der Waals surface area contributed by atoms with E-state index in [0.717, 1.165) is 26.2 Å². The van der Waals surface area contributed by atoms with E-state index in [0.29, 0.717) is 6.54 Å². The Kier molecular flexibility index (Phi) is 4.20.